The number of benzene rings is 1. The third kappa shape index (κ3) is 2.93. The maximum Gasteiger partial charge on any atom is 0.311 e. The van der Waals surface area contributed by atoms with Gasteiger partial charge < -0.3 is 10.0 Å². The van der Waals surface area contributed by atoms with Crippen molar-refractivity contribution in [1.82, 2.24) is 4.90 Å². The van der Waals surface area contributed by atoms with Gasteiger partial charge in [0, 0.05) is 23.5 Å². The summed E-state index contributed by atoms with van der Waals surface area (Å²) in [5, 5.41) is 9.53. The zero-order valence-corrected chi connectivity index (χ0v) is 13.4. The SMILES string of the molecule is CSc1ccc(C(=O)N2CCC(C(=O)O)(C(C)C)C2)cc1. The van der Waals surface area contributed by atoms with E-state index >= 15 is 0 Å². The fourth-order valence-electron chi connectivity index (χ4n) is 2.82. The number of carbonyl (C=O) groups excluding carboxylic acids is 1. The minimum Gasteiger partial charge on any atom is -0.481 e. The van der Waals surface area contributed by atoms with Crippen molar-refractivity contribution in [2.24, 2.45) is 11.3 Å². The maximum absolute atomic E-state index is 12.5. The highest BCUT2D eigenvalue weighted by Crippen LogP contribution is 2.38. The lowest BCUT2D eigenvalue weighted by Gasteiger charge is -2.28. The van der Waals surface area contributed by atoms with E-state index in [2.05, 4.69) is 0 Å². The third-order valence-corrected chi connectivity index (χ3v) is 5.20. The number of aliphatic carboxylic acids is 1. The number of carboxylic acid groups (broad SMARTS) is 1. The average molecular weight is 307 g/mol. The van der Waals surface area contributed by atoms with Gasteiger partial charge in [0.25, 0.3) is 5.91 Å². The normalized spacial score (nSPS) is 21.8. The summed E-state index contributed by atoms with van der Waals surface area (Å²) < 4.78 is 0. The van der Waals surface area contributed by atoms with Gasteiger partial charge in [-0.25, -0.2) is 0 Å². The topological polar surface area (TPSA) is 57.6 Å². The van der Waals surface area contributed by atoms with E-state index in [1.54, 1.807) is 16.7 Å². The number of hydrogen-bond acceptors (Lipinski definition) is 3. The van der Waals surface area contributed by atoms with Crippen LogP contribution in [0.3, 0.4) is 0 Å². The van der Waals surface area contributed by atoms with E-state index in [0.29, 0.717) is 25.1 Å². The Kier molecular flexibility index (Phi) is 4.61. The van der Waals surface area contributed by atoms with Gasteiger partial charge in [-0.05, 0) is 42.9 Å². The molecule has 1 heterocycles. The van der Waals surface area contributed by atoms with E-state index in [4.69, 9.17) is 0 Å². The summed E-state index contributed by atoms with van der Waals surface area (Å²) in [4.78, 5) is 26.9. The minimum atomic E-state index is -0.811. The number of carbonyl (C=O) groups is 2. The highest BCUT2D eigenvalue weighted by molar-refractivity contribution is 7.98. The first kappa shape index (κ1) is 15.9. The standard InChI is InChI=1S/C16H21NO3S/c1-11(2)16(15(19)20)8-9-17(10-16)14(18)12-4-6-13(21-3)7-5-12/h4-7,11H,8-10H2,1-3H3,(H,19,20). The Balaban J connectivity index is 2.16. The van der Waals surface area contributed by atoms with Crippen molar-refractivity contribution in [2.45, 2.75) is 25.2 Å². The van der Waals surface area contributed by atoms with E-state index in [-0.39, 0.29) is 11.8 Å². The van der Waals surface area contributed by atoms with Crippen LogP contribution in [0, 0.1) is 11.3 Å². The molecule has 1 amide bonds. The van der Waals surface area contributed by atoms with Crippen LogP contribution in [0.4, 0.5) is 0 Å². The number of likely N-dealkylation sites (tertiary alicyclic amines) is 1. The van der Waals surface area contributed by atoms with Crippen LogP contribution >= 0.6 is 11.8 Å². The van der Waals surface area contributed by atoms with Crippen molar-refractivity contribution >= 4 is 23.6 Å². The number of thioether (sulfide) groups is 1. The van der Waals surface area contributed by atoms with Crippen LogP contribution in [0.1, 0.15) is 30.6 Å². The lowest BCUT2D eigenvalue weighted by molar-refractivity contribution is -0.150. The predicted octanol–water partition coefficient (Wildman–Crippen LogP) is 2.98. The fourth-order valence-corrected chi connectivity index (χ4v) is 3.22. The summed E-state index contributed by atoms with van der Waals surface area (Å²) in [5.74, 6) is -0.872. The van der Waals surface area contributed by atoms with Gasteiger partial charge in [-0.2, -0.15) is 0 Å². The Morgan fingerprint density at radius 1 is 1.29 bits per heavy atom. The third-order valence-electron chi connectivity index (χ3n) is 4.46. The Hall–Kier alpha value is -1.49. The molecule has 1 N–H and O–H groups in total. The molecule has 0 spiro atoms. The molecule has 0 aliphatic carbocycles. The monoisotopic (exact) mass is 307 g/mol. The first-order valence-electron chi connectivity index (χ1n) is 7.07. The summed E-state index contributed by atoms with van der Waals surface area (Å²) in [7, 11) is 0. The lowest BCUT2D eigenvalue weighted by atomic mass is 9.76. The van der Waals surface area contributed by atoms with E-state index in [1.165, 1.54) is 0 Å². The largest absolute Gasteiger partial charge is 0.481 e. The molecule has 1 saturated heterocycles. The quantitative estimate of drug-likeness (QED) is 0.869. The van der Waals surface area contributed by atoms with E-state index < -0.39 is 11.4 Å². The second kappa shape index (κ2) is 6.10. The summed E-state index contributed by atoms with van der Waals surface area (Å²) >= 11 is 1.63. The summed E-state index contributed by atoms with van der Waals surface area (Å²) in [6, 6.07) is 7.45. The maximum atomic E-state index is 12.5. The molecule has 1 fully saturated rings. The predicted molar refractivity (Wildman–Crippen MR) is 83.7 cm³/mol. The highest BCUT2D eigenvalue weighted by atomic mass is 32.2. The van der Waals surface area contributed by atoms with Crippen molar-refractivity contribution in [3.8, 4) is 0 Å². The molecular weight excluding hydrogens is 286 g/mol. The zero-order chi connectivity index (χ0) is 15.6. The average Bonchev–Trinajstić information content (AvgIpc) is 2.93. The second-order valence-electron chi connectivity index (χ2n) is 5.82. The molecule has 1 unspecified atom stereocenters. The van der Waals surface area contributed by atoms with Gasteiger partial charge in [0.2, 0.25) is 0 Å². The molecule has 1 aromatic carbocycles. The molecule has 5 heteroatoms. The highest BCUT2D eigenvalue weighted by Gasteiger charge is 2.48. The van der Waals surface area contributed by atoms with Crippen LogP contribution in [-0.4, -0.2) is 41.2 Å². The van der Waals surface area contributed by atoms with Gasteiger partial charge in [-0.1, -0.05) is 13.8 Å². The second-order valence-corrected chi connectivity index (χ2v) is 6.70. The van der Waals surface area contributed by atoms with Crippen molar-refractivity contribution < 1.29 is 14.7 Å². The van der Waals surface area contributed by atoms with Crippen LogP contribution in [0.5, 0.6) is 0 Å². The van der Waals surface area contributed by atoms with Crippen molar-refractivity contribution in [1.29, 1.82) is 0 Å². The molecule has 4 nitrogen and oxygen atoms in total. The lowest BCUT2D eigenvalue weighted by Crippen LogP contribution is -2.40. The van der Waals surface area contributed by atoms with Crippen LogP contribution in [0.2, 0.25) is 0 Å². The smallest absolute Gasteiger partial charge is 0.311 e. The molecule has 1 aliphatic heterocycles. The van der Waals surface area contributed by atoms with Gasteiger partial charge in [0.1, 0.15) is 0 Å². The van der Waals surface area contributed by atoms with Crippen LogP contribution in [-0.2, 0) is 4.79 Å². The van der Waals surface area contributed by atoms with Crippen molar-refractivity contribution in [3.63, 3.8) is 0 Å². The van der Waals surface area contributed by atoms with Gasteiger partial charge in [-0.3, -0.25) is 9.59 Å². The van der Waals surface area contributed by atoms with Gasteiger partial charge in [-0.15, -0.1) is 11.8 Å². The molecule has 0 radical (unpaired) electrons. The first-order valence-corrected chi connectivity index (χ1v) is 8.30. The van der Waals surface area contributed by atoms with E-state index in [9.17, 15) is 14.7 Å². The zero-order valence-electron chi connectivity index (χ0n) is 12.6. The minimum absolute atomic E-state index is 0.00617. The van der Waals surface area contributed by atoms with E-state index in [0.717, 1.165) is 4.90 Å². The summed E-state index contributed by atoms with van der Waals surface area (Å²) in [6.07, 6.45) is 2.51. The Bertz CT molecular complexity index is 541. The molecule has 0 saturated carbocycles. The number of carboxylic acids is 1. The molecular formula is C16H21NO3S. The molecule has 1 aromatic rings. The fraction of sp³-hybridized carbons (Fsp3) is 0.500. The Labute approximate surface area is 129 Å². The number of nitrogens with zero attached hydrogens (tertiary/aromatic N) is 1. The Morgan fingerprint density at radius 3 is 2.33 bits per heavy atom. The molecule has 2 rings (SSSR count). The number of rotatable bonds is 4. The molecule has 0 aromatic heterocycles. The summed E-state index contributed by atoms with van der Waals surface area (Å²) in [6.45, 7) is 4.63. The van der Waals surface area contributed by atoms with Crippen LogP contribution < -0.4 is 0 Å². The van der Waals surface area contributed by atoms with Crippen LogP contribution in [0.25, 0.3) is 0 Å². The molecule has 1 aliphatic rings. The van der Waals surface area contributed by atoms with Gasteiger partial charge in [0.05, 0.1) is 5.41 Å². The summed E-state index contributed by atoms with van der Waals surface area (Å²) in [5.41, 5.74) is -0.188. The molecule has 114 valence electrons. The van der Waals surface area contributed by atoms with E-state index in [1.807, 2.05) is 44.4 Å². The van der Waals surface area contributed by atoms with Gasteiger partial charge >= 0.3 is 5.97 Å². The molecule has 1 atom stereocenters. The van der Waals surface area contributed by atoms with Crippen molar-refractivity contribution in [3.05, 3.63) is 29.8 Å². The Morgan fingerprint density at radius 2 is 1.90 bits per heavy atom. The van der Waals surface area contributed by atoms with Crippen molar-refractivity contribution in [2.75, 3.05) is 19.3 Å². The van der Waals surface area contributed by atoms with Gasteiger partial charge in [0.15, 0.2) is 0 Å². The number of hydrogen-bond donors (Lipinski definition) is 1. The molecule has 0 bridgehead atoms. The van der Waals surface area contributed by atoms with Crippen LogP contribution in [0.15, 0.2) is 29.2 Å². The molecule has 21 heavy (non-hydrogen) atoms. The first-order chi connectivity index (χ1) is 9.90. The number of amides is 1.